The van der Waals surface area contributed by atoms with Gasteiger partial charge in [-0.3, -0.25) is 10.2 Å². The summed E-state index contributed by atoms with van der Waals surface area (Å²) in [4.78, 5) is 11.1. The van der Waals surface area contributed by atoms with Gasteiger partial charge in [0.25, 0.3) is 0 Å². The number of benzene rings is 3. The highest BCUT2D eigenvalue weighted by Gasteiger charge is 2.15. The van der Waals surface area contributed by atoms with Crippen LogP contribution in [0.3, 0.4) is 0 Å². The molecule has 0 aliphatic carbocycles. The quantitative estimate of drug-likeness (QED) is 0.203. The van der Waals surface area contributed by atoms with Crippen molar-refractivity contribution in [2.24, 2.45) is 5.73 Å². The van der Waals surface area contributed by atoms with Crippen LogP contribution in [0.1, 0.15) is 16.7 Å². The lowest BCUT2D eigenvalue weighted by molar-refractivity contribution is -0.136. The van der Waals surface area contributed by atoms with Crippen LogP contribution in [-0.4, -0.2) is 16.9 Å². The Morgan fingerprint density at radius 3 is 2.65 bits per heavy atom. The van der Waals surface area contributed by atoms with E-state index in [1.165, 1.54) is 0 Å². The molecule has 7 nitrogen and oxygen atoms in total. The zero-order valence-corrected chi connectivity index (χ0v) is 16.6. The second-order valence-electron chi connectivity index (χ2n) is 7.13. The van der Waals surface area contributed by atoms with E-state index in [-0.39, 0.29) is 18.9 Å². The van der Waals surface area contributed by atoms with Crippen molar-refractivity contribution in [2.75, 3.05) is 5.73 Å². The van der Waals surface area contributed by atoms with Gasteiger partial charge < -0.3 is 25.7 Å². The predicted molar refractivity (Wildman–Crippen MR) is 119 cm³/mol. The van der Waals surface area contributed by atoms with Gasteiger partial charge in [0.15, 0.2) is 0 Å². The molecule has 3 aromatic carbocycles. The van der Waals surface area contributed by atoms with Crippen LogP contribution < -0.4 is 16.2 Å². The zero-order chi connectivity index (χ0) is 22.0. The number of hydrogen-bond donors (Lipinski definition) is 4. The number of carboxylic acid groups (broad SMARTS) is 1. The number of para-hydroxylation sites is 2. The normalized spacial score (nSPS) is 10.8. The summed E-state index contributed by atoms with van der Waals surface area (Å²) in [6.45, 7) is 0.233. The smallest absolute Gasteiger partial charge is 0.307 e. The summed E-state index contributed by atoms with van der Waals surface area (Å²) in [6, 6.07) is 18.2. The van der Waals surface area contributed by atoms with Crippen molar-refractivity contribution < 1.29 is 19.1 Å². The van der Waals surface area contributed by atoms with Crippen molar-refractivity contribution in [3.05, 3.63) is 83.6 Å². The first-order chi connectivity index (χ1) is 14.9. The highest BCUT2D eigenvalue weighted by molar-refractivity contribution is 6.05. The third-order valence-electron chi connectivity index (χ3n) is 5.01. The van der Waals surface area contributed by atoms with E-state index >= 15 is 0 Å². The van der Waals surface area contributed by atoms with Crippen LogP contribution in [0.2, 0.25) is 0 Å². The molecule has 4 aromatic rings. The van der Waals surface area contributed by atoms with Gasteiger partial charge in [0, 0.05) is 27.6 Å². The molecule has 0 bridgehead atoms. The lowest BCUT2D eigenvalue weighted by Crippen LogP contribution is -2.14. The molecule has 0 amide bonds. The molecule has 0 saturated carbocycles. The van der Waals surface area contributed by atoms with Crippen molar-refractivity contribution in [2.45, 2.75) is 13.0 Å². The maximum Gasteiger partial charge on any atom is 0.307 e. The number of hydrogen-bond acceptors (Lipinski definition) is 5. The molecule has 0 unspecified atom stereocenters. The molecule has 0 saturated heterocycles. The van der Waals surface area contributed by atoms with Crippen LogP contribution in [-0.2, 0) is 17.8 Å². The van der Waals surface area contributed by atoms with Gasteiger partial charge in [-0.15, -0.1) is 0 Å². The fraction of sp³-hybridized carbons (Fsp3) is 0.0833. The second-order valence-corrected chi connectivity index (χ2v) is 7.13. The maximum atomic E-state index is 11.1. The fourth-order valence-electron chi connectivity index (χ4n) is 3.58. The van der Waals surface area contributed by atoms with Gasteiger partial charge in [0.1, 0.15) is 23.8 Å². The van der Waals surface area contributed by atoms with Crippen LogP contribution >= 0.6 is 0 Å². The average molecular weight is 415 g/mol. The fourth-order valence-corrected chi connectivity index (χ4v) is 3.58. The van der Waals surface area contributed by atoms with Crippen LogP contribution in [0.25, 0.3) is 22.1 Å². The molecular weight excluding hydrogens is 394 g/mol. The molecule has 7 heteroatoms. The molecule has 0 spiro atoms. The first-order valence-corrected chi connectivity index (χ1v) is 9.60. The Bertz CT molecular complexity index is 1290. The van der Waals surface area contributed by atoms with E-state index in [4.69, 9.17) is 31.1 Å². The van der Waals surface area contributed by atoms with Gasteiger partial charge in [0.05, 0.1) is 18.4 Å². The Morgan fingerprint density at radius 1 is 1.06 bits per heavy atom. The van der Waals surface area contributed by atoms with E-state index in [1.807, 2.05) is 24.3 Å². The van der Waals surface area contributed by atoms with E-state index in [0.29, 0.717) is 33.7 Å². The Kier molecular flexibility index (Phi) is 5.32. The van der Waals surface area contributed by atoms with E-state index in [2.05, 4.69) is 0 Å². The number of nitrogens with one attached hydrogen (secondary N) is 1. The number of fused-ring (bicyclic) bond motifs is 1. The first kappa shape index (κ1) is 20.0. The number of anilines is 1. The molecule has 6 N–H and O–H groups in total. The minimum absolute atomic E-state index is 0.107. The summed E-state index contributed by atoms with van der Waals surface area (Å²) in [5.41, 5.74) is 16.4. The number of furan rings is 1. The largest absolute Gasteiger partial charge is 0.489 e. The van der Waals surface area contributed by atoms with E-state index < -0.39 is 5.97 Å². The monoisotopic (exact) mass is 415 g/mol. The van der Waals surface area contributed by atoms with E-state index in [9.17, 15) is 4.79 Å². The molecule has 0 aliphatic heterocycles. The van der Waals surface area contributed by atoms with Crippen LogP contribution in [0.15, 0.2) is 71.3 Å². The highest BCUT2D eigenvalue weighted by atomic mass is 16.5. The van der Waals surface area contributed by atoms with Crippen molar-refractivity contribution in [1.82, 2.24) is 0 Å². The van der Waals surface area contributed by atoms with Gasteiger partial charge in [-0.05, 0) is 35.9 Å². The Hall–Kier alpha value is -4.26. The second kappa shape index (κ2) is 8.23. The zero-order valence-electron chi connectivity index (χ0n) is 16.6. The van der Waals surface area contributed by atoms with Gasteiger partial charge in [-0.25, -0.2) is 0 Å². The predicted octanol–water partition coefficient (Wildman–Crippen LogP) is 4.17. The molecule has 0 atom stereocenters. The molecule has 0 fully saturated rings. The summed E-state index contributed by atoms with van der Waals surface area (Å²) in [7, 11) is 0. The Labute approximate surface area is 178 Å². The minimum atomic E-state index is -0.918. The third-order valence-corrected chi connectivity index (χ3v) is 5.01. The molecule has 0 radical (unpaired) electrons. The van der Waals surface area contributed by atoms with Crippen molar-refractivity contribution in [1.29, 1.82) is 5.41 Å². The summed E-state index contributed by atoms with van der Waals surface area (Å²) < 4.78 is 11.6. The number of ether oxygens (including phenoxy) is 1. The van der Waals surface area contributed by atoms with Crippen molar-refractivity contribution in [3.8, 4) is 16.9 Å². The lowest BCUT2D eigenvalue weighted by atomic mass is 9.96. The van der Waals surface area contributed by atoms with E-state index in [1.54, 1.807) is 42.7 Å². The third kappa shape index (κ3) is 4.06. The molecule has 31 heavy (non-hydrogen) atoms. The summed E-state index contributed by atoms with van der Waals surface area (Å²) in [6.07, 6.45) is 1.49. The highest BCUT2D eigenvalue weighted by Crippen LogP contribution is 2.36. The number of amidine groups is 1. The molecular formula is C24H21N3O4. The van der Waals surface area contributed by atoms with Gasteiger partial charge in [-0.1, -0.05) is 30.3 Å². The summed E-state index contributed by atoms with van der Waals surface area (Å²) in [5.74, 6) is -0.500. The van der Waals surface area contributed by atoms with Crippen molar-refractivity contribution >= 4 is 28.5 Å². The number of carbonyl (C=O) groups is 1. The number of nitrogen functional groups attached to an aromatic ring is 2. The molecule has 4 rings (SSSR count). The van der Waals surface area contributed by atoms with Crippen LogP contribution in [0.5, 0.6) is 5.75 Å². The summed E-state index contributed by atoms with van der Waals surface area (Å²) in [5, 5.41) is 17.7. The average Bonchev–Trinajstić information content (AvgIpc) is 3.21. The SMILES string of the molecule is N=C(N)c1cccc(-c2cc(COc3ccccc3CC(=O)O)cc3ccoc23)c1N. The molecule has 156 valence electrons. The lowest BCUT2D eigenvalue weighted by Gasteiger charge is -2.14. The van der Waals surface area contributed by atoms with Crippen LogP contribution in [0.4, 0.5) is 5.69 Å². The standard InChI is InChI=1S/C24H21N3O4/c25-22-17(5-3-6-18(22)24(26)27)19-11-14(10-16-8-9-30-23(16)19)13-31-20-7-2-1-4-15(20)12-21(28)29/h1-11H,12-13,25H2,(H3,26,27)(H,28,29). The summed E-state index contributed by atoms with van der Waals surface area (Å²) >= 11 is 0. The maximum absolute atomic E-state index is 11.1. The number of rotatable bonds is 7. The molecule has 1 aromatic heterocycles. The van der Waals surface area contributed by atoms with E-state index in [0.717, 1.165) is 16.5 Å². The Balaban J connectivity index is 1.72. The number of aliphatic carboxylic acids is 1. The van der Waals surface area contributed by atoms with Crippen LogP contribution in [0, 0.1) is 5.41 Å². The van der Waals surface area contributed by atoms with Gasteiger partial charge >= 0.3 is 5.97 Å². The minimum Gasteiger partial charge on any atom is -0.489 e. The van der Waals surface area contributed by atoms with Gasteiger partial charge in [-0.2, -0.15) is 0 Å². The number of carboxylic acids is 1. The molecule has 1 heterocycles. The molecule has 0 aliphatic rings. The topological polar surface area (TPSA) is 136 Å². The number of nitrogens with two attached hydrogens (primary N) is 2. The first-order valence-electron chi connectivity index (χ1n) is 9.60. The Morgan fingerprint density at radius 2 is 1.87 bits per heavy atom. The van der Waals surface area contributed by atoms with Crippen molar-refractivity contribution in [3.63, 3.8) is 0 Å². The van der Waals surface area contributed by atoms with Gasteiger partial charge in [0.2, 0.25) is 0 Å².